The van der Waals surface area contributed by atoms with Crippen LogP contribution in [0, 0.1) is 0 Å². The highest BCUT2D eigenvalue weighted by atomic mass is 35.5. The minimum absolute atomic E-state index is 0.487. The Morgan fingerprint density at radius 2 is 2.19 bits per heavy atom. The molecular weight excluding hydrogens is 222 g/mol. The van der Waals surface area contributed by atoms with Gasteiger partial charge in [-0.2, -0.15) is 0 Å². The van der Waals surface area contributed by atoms with Crippen LogP contribution in [0.2, 0.25) is 5.15 Å². The molecule has 1 unspecified atom stereocenters. The third kappa shape index (κ3) is 1.66. The average Bonchev–Trinajstić information content (AvgIpc) is 3.05. The van der Waals surface area contributed by atoms with Gasteiger partial charge in [-0.1, -0.05) is 11.6 Å². The van der Waals surface area contributed by atoms with Gasteiger partial charge in [0, 0.05) is 18.4 Å². The van der Waals surface area contributed by atoms with E-state index in [0.29, 0.717) is 12.0 Å². The van der Waals surface area contributed by atoms with Gasteiger partial charge in [0.15, 0.2) is 0 Å². The molecule has 1 aromatic rings. The molecule has 3 rings (SSSR count). The number of aromatic nitrogens is 2. The van der Waals surface area contributed by atoms with Crippen LogP contribution in [0.15, 0.2) is 0 Å². The Morgan fingerprint density at radius 3 is 2.88 bits per heavy atom. The van der Waals surface area contributed by atoms with E-state index in [1.165, 1.54) is 31.5 Å². The fraction of sp³-hybridized carbons (Fsp3) is 0.750. The average molecular weight is 240 g/mol. The van der Waals surface area contributed by atoms with Crippen LogP contribution in [-0.4, -0.2) is 16.1 Å². The standard InChI is InChI=1S/C12H18ClN3/c13-12-11(8-4-5-8)15-10-3-1-2-9(6-7-14)16(10)12/h8-9H,1-7,14H2. The van der Waals surface area contributed by atoms with E-state index in [1.807, 2.05) is 0 Å². The number of rotatable bonds is 3. The number of imidazole rings is 1. The van der Waals surface area contributed by atoms with Crippen LogP contribution in [0.25, 0.3) is 0 Å². The van der Waals surface area contributed by atoms with E-state index in [2.05, 4.69) is 4.57 Å². The van der Waals surface area contributed by atoms with E-state index >= 15 is 0 Å². The zero-order chi connectivity index (χ0) is 11.1. The maximum absolute atomic E-state index is 6.47. The van der Waals surface area contributed by atoms with E-state index in [-0.39, 0.29) is 0 Å². The van der Waals surface area contributed by atoms with Crippen LogP contribution in [0.3, 0.4) is 0 Å². The summed E-state index contributed by atoms with van der Waals surface area (Å²) < 4.78 is 2.26. The first-order valence-corrected chi connectivity index (χ1v) is 6.65. The molecular formula is C12H18ClN3. The van der Waals surface area contributed by atoms with Gasteiger partial charge in [0.25, 0.3) is 0 Å². The molecule has 0 saturated heterocycles. The molecule has 1 aromatic heterocycles. The Labute approximate surface area is 101 Å². The van der Waals surface area contributed by atoms with E-state index in [1.54, 1.807) is 0 Å². The van der Waals surface area contributed by atoms with Crippen molar-refractivity contribution in [3.05, 3.63) is 16.7 Å². The van der Waals surface area contributed by atoms with Crippen LogP contribution < -0.4 is 5.73 Å². The minimum atomic E-state index is 0.487. The molecule has 0 radical (unpaired) electrons. The Balaban J connectivity index is 1.98. The van der Waals surface area contributed by atoms with E-state index in [0.717, 1.165) is 30.2 Å². The fourth-order valence-corrected chi connectivity index (χ4v) is 3.16. The summed E-state index contributed by atoms with van der Waals surface area (Å²) in [7, 11) is 0. The minimum Gasteiger partial charge on any atom is -0.330 e. The lowest BCUT2D eigenvalue weighted by molar-refractivity contribution is 0.379. The zero-order valence-corrected chi connectivity index (χ0v) is 10.2. The molecule has 16 heavy (non-hydrogen) atoms. The van der Waals surface area contributed by atoms with Crippen molar-refractivity contribution < 1.29 is 0 Å². The Hall–Kier alpha value is -0.540. The second-order valence-electron chi connectivity index (χ2n) is 4.97. The maximum atomic E-state index is 6.47. The Morgan fingerprint density at radius 1 is 1.38 bits per heavy atom. The van der Waals surface area contributed by atoms with Crippen molar-refractivity contribution in [3.63, 3.8) is 0 Å². The van der Waals surface area contributed by atoms with E-state index in [4.69, 9.17) is 22.3 Å². The van der Waals surface area contributed by atoms with Crippen molar-refractivity contribution in [1.29, 1.82) is 0 Å². The van der Waals surface area contributed by atoms with Crippen LogP contribution >= 0.6 is 11.6 Å². The molecule has 0 aromatic carbocycles. The monoisotopic (exact) mass is 239 g/mol. The summed E-state index contributed by atoms with van der Waals surface area (Å²) in [5.74, 6) is 1.83. The van der Waals surface area contributed by atoms with Crippen molar-refractivity contribution in [1.82, 2.24) is 9.55 Å². The zero-order valence-electron chi connectivity index (χ0n) is 9.45. The van der Waals surface area contributed by atoms with Gasteiger partial charge in [0.2, 0.25) is 0 Å². The molecule has 3 nitrogen and oxygen atoms in total. The van der Waals surface area contributed by atoms with Crippen molar-refractivity contribution >= 4 is 11.6 Å². The number of nitrogens with two attached hydrogens (primary N) is 1. The van der Waals surface area contributed by atoms with Crippen molar-refractivity contribution in [2.24, 2.45) is 5.73 Å². The van der Waals surface area contributed by atoms with E-state index in [9.17, 15) is 0 Å². The second kappa shape index (κ2) is 4.04. The number of nitrogens with zero attached hydrogens (tertiary/aromatic N) is 2. The highest BCUT2D eigenvalue weighted by Gasteiger charge is 2.33. The molecule has 2 heterocycles. The molecule has 0 amide bonds. The molecule has 1 saturated carbocycles. The topological polar surface area (TPSA) is 43.8 Å². The number of hydrogen-bond acceptors (Lipinski definition) is 2. The van der Waals surface area contributed by atoms with Crippen LogP contribution in [-0.2, 0) is 6.42 Å². The van der Waals surface area contributed by atoms with Gasteiger partial charge in [0.1, 0.15) is 11.0 Å². The van der Waals surface area contributed by atoms with Crippen LogP contribution in [0.5, 0.6) is 0 Å². The molecule has 0 bridgehead atoms. The number of halogens is 1. The Bertz CT molecular complexity index is 395. The van der Waals surface area contributed by atoms with Gasteiger partial charge in [-0.25, -0.2) is 4.98 Å². The first-order chi connectivity index (χ1) is 7.81. The van der Waals surface area contributed by atoms with Gasteiger partial charge < -0.3 is 10.3 Å². The number of aryl methyl sites for hydroxylation is 1. The van der Waals surface area contributed by atoms with Crippen LogP contribution in [0.4, 0.5) is 0 Å². The fourth-order valence-electron chi connectivity index (χ4n) is 2.73. The predicted molar refractivity (Wildman–Crippen MR) is 64.9 cm³/mol. The lowest BCUT2D eigenvalue weighted by Gasteiger charge is -2.25. The highest BCUT2D eigenvalue weighted by Crippen LogP contribution is 2.45. The third-order valence-corrected chi connectivity index (χ3v) is 4.09. The van der Waals surface area contributed by atoms with Crippen LogP contribution in [0.1, 0.15) is 55.6 Å². The SMILES string of the molecule is NCCC1CCCc2nc(C3CC3)c(Cl)n21. The lowest BCUT2D eigenvalue weighted by atomic mass is 10.0. The molecule has 2 aliphatic rings. The van der Waals surface area contributed by atoms with Gasteiger partial charge in [0.05, 0.1) is 5.69 Å². The summed E-state index contributed by atoms with van der Waals surface area (Å²) in [4.78, 5) is 4.74. The number of fused-ring (bicyclic) bond motifs is 1. The van der Waals surface area contributed by atoms with Gasteiger partial charge in [-0.15, -0.1) is 0 Å². The van der Waals surface area contributed by atoms with Crippen molar-refractivity contribution in [3.8, 4) is 0 Å². The summed E-state index contributed by atoms with van der Waals surface area (Å²) in [5.41, 5.74) is 6.82. The third-order valence-electron chi connectivity index (χ3n) is 3.72. The Kier molecular flexibility index (Phi) is 2.68. The predicted octanol–water partition coefficient (Wildman–Crippen LogP) is 2.64. The van der Waals surface area contributed by atoms with Crippen molar-refractivity contribution in [2.75, 3.05) is 6.54 Å². The summed E-state index contributed by atoms with van der Waals surface area (Å²) in [5, 5.41) is 0.899. The molecule has 1 fully saturated rings. The first-order valence-electron chi connectivity index (χ1n) is 6.28. The van der Waals surface area contributed by atoms with Gasteiger partial charge >= 0.3 is 0 Å². The van der Waals surface area contributed by atoms with Crippen molar-refractivity contribution in [2.45, 2.75) is 50.5 Å². The number of hydrogen-bond donors (Lipinski definition) is 1. The molecule has 0 spiro atoms. The summed E-state index contributed by atoms with van der Waals surface area (Å²) >= 11 is 6.47. The van der Waals surface area contributed by atoms with E-state index < -0.39 is 0 Å². The molecule has 2 N–H and O–H groups in total. The van der Waals surface area contributed by atoms with Gasteiger partial charge in [-0.3, -0.25) is 0 Å². The quantitative estimate of drug-likeness (QED) is 0.881. The molecule has 4 heteroatoms. The molecule has 1 atom stereocenters. The maximum Gasteiger partial charge on any atom is 0.132 e. The second-order valence-corrected chi connectivity index (χ2v) is 5.33. The lowest BCUT2D eigenvalue weighted by Crippen LogP contribution is -2.20. The summed E-state index contributed by atoms with van der Waals surface area (Å²) in [6, 6.07) is 0.487. The first kappa shape index (κ1) is 10.6. The van der Waals surface area contributed by atoms with Gasteiger partial charge in [-0.05, 0) is 38.6 Å². The summed E-state index contributed by atoms with van der Waals surface area (Å²) in [6.45, 7) is 0.734. The smallest absolute Gasteiger partial charge is 0.132 e. The summed E-state index contributed by atoms with van der Waals surface area (Å²) in [6.07, 6.45) is 7.04. The molecule has 1 aliphatic carbocycles. The highest BCUT2D eigenvalue weighted by molar-refractivity contribution is 6.30. The molecule has 88 valence electrons. The normalized spacial score (nSPS) is 24.5. The molecule has 1 aliphatic heterocycles. The largest absolute Gasteiger partial charge is 0.330 e.